The molecule has 1 aromatic heterocycles. The first-order valence-corrected chi connectivity index (χ1v) is 9.63. The van der Waals surface area contributed by atoms with Gasteiger partial charge in [-0.25, -0.2) is 0 Å². The van der Waals surface area contributed by atoms with Crippen LogP contribution in [0.4, 0.5) is 0 Å². The highest BCUT2D eigenvalue weighted by molar-refractivity contribution is 6.30. The highest BCUT2D eigenvalue weighted by Crippen LogP contribution is 2.48. The molecule has 0 bridgehead atoms. The van der Waals surface area contributed by atoms with Gasteiger partial charge < -0.3 is 14.6 Å². The molecule has 1 N–H and O–H groups in total. The van der Waals surface area contributed by atoms with Crippen LogP contribution in [0.25, 0.3) is 11.3 Å². The molecule has 144 valence electrons. The molecule has 0 atom stereocenters. The summed E-state index contributed by atoms with van der Waals surface area (Å²) in [5, 5.41) is 7.89. The quantitative estimate of drug-likeness (QED) is 0.643. The van der Waals surface area contributed by atoms with Gasteiger partial charge in [-0.05, 0) is 55.2 Å². The number of hydrogen-bond donors (Lipinski definition) is 1. The van der Waals surface area contributed by atoms with Crippen LogP contribution < -0.4 is 10.1 Å². The zero-order chi connectivity index (χ0) is 19.6. The lowest BCUT2D eigenvalue weighted by molar-refractivity contribution is -0.123. The van der Waals surface area contributed by atoms with Crippen LogP contribution in [-0.4, -0.2) is 24.7 Å². The maximum Gasteiger partial charge on any atom is 0.232 e. The van der Waals surface area contributed by atoms with Crippen molar-refractivity contribution in [2.75, 3.05) is 13.7 Å². The molecule has 28 heavy (non-hydrogen) atoms. The molecule has 4 rings (SSSR count). The van der Waals surface area contributed by atoms with Crippen LogP contribution in [0, 0.1) is 0 Å². The summed E-state index contributed by atoms with van der Waals surface area (Å²) in [4.78, 5) is 12.8. The van der Waals surface area contributed by atoms with Crippen LogP contribution in [0.2, 0.25) is 5.02 Å². The van der Waals surface area contributed by atoms with Crippen molar-refractivity contribution in [1.29, 1.82) is 0 Å². The Bertz CT molecular complexity index is 977. The Morgan fingerprint density at radius 3 is 2.68 bits per heavy atom. The zero-order valence-electron chi connectivity index (χ0n) is 15.6. The van der Waals surface area contributed by atoms with E-state index in [-0.39, 0.29) is 5.91 Å². The number of benzene rings is 2. The average Bonchev–Trinajstić information content (AvgIpc) is 3.39. The topological polar surface area (TPSA) is 64.4 Å². The molecule has 0 spiro atoms. The number of methoxy groups -OCH3 is 1. The third-order valence-corrected chi connectivity index (χ3v) is 5.44. The molecule has 3 aromatic rings. The number of rotatable bonds is 7. The molecule has 0 unspecified atom stereocenters. The maximum absolute atomic E-state index is 12.8. The summed E-state index contributed by atoms with van der Waals surface area (Å²) < 4.78 is 10.8. The molecule has 1 fully saturated rings. The fraction of sp³-hybridized carbons (Fsp3) is 0.273. The number of carbonyl (C=O) groups is 1. The molecular weight excluding hydrogens is 376 g/mol. The minimum Gasteiger partial charge on any atom is -0.496 e. The first kappa shape index (κ1) is 18.6. The van der Waals surface area contributed by atoms with E-state index in [0.717, 1.165) is 29.7 Å². The second kappa shape index (κ2) is 7.68. The molecule has 5 nitrogen and oxygen atoms in total. The number of nitrogens with one attached hydrogen (secondary N) is 1. The van der Waals surface area contributed by atoms with Crippen molar-refractivity contribution < 1.29 is 14.1 Å². The number of hydrogen-bond acceptors (Lipinski definition) is 4. The molecule has 6 heteroatoms. The number of halogens is 1. The molecule has 1 aliphatic rings. The average molecular weight is 397 g/mol. The summed E-state index contributed by atoms with van der Waals surface area (Å²) in [6.07, 6.45) is 2.26. The van der Waals surface area contributed by atoms with E-state index in [4.69, 9.17) is 20.9 Å². The van der Waals surface area contributed by atoms with Gasteiger partial charge in [0, 0.05) is 23.2 Å². The molecule has 2 aromatic carbocycles. The summed E-state index contributed by atoms with van der Waals surface area (Å²) >= 11 is 5.93. The third-order valence-electron chi connectivity index (χ3n) is 5.19. The summed E-state index contributed by atoms with van der Waals surface area (Å²) in [5.41, 5.74) is 2.07. The van der Waals surface area contributed by atoms with Crippen LogP contribution in [-0.2, 0) is 16.6 Å². The number of para-hydroxylation sites is 1. The van der Waals surface area contributed by atoms with E-state index in [0.29, 0.717) is 29.4 Å². The second-order valence-electron chi connectivity index (χ2n) is 6.98. The largest absolute Gasteiger partial charge is 0.496 e. The predicted molar refractivity (Wildman–Crippen MR) is 108 cm³/mol. The van der Waals surface area contributed by atoms with Gasteiger partial charge in [0.05, 0.1) is 18.2 Å². The summed E-state index contributed by atoms with van der Waals surface area (Å²) in [5.74, 6) is 1.47. The normalized spacial score (nSPS) is 14.5. The van der Waals surface area contributed by atoms with Gasteiger partial charge in [-0.3, -0.25) is 4.79 Å². The van der Waals surface area contributed by atoms with Gasteiger partial charge >= 0.3 is 0 Å². The van der Waals surface area contributed by atoms with Crippen LogP contribution in [0.15, 0.2) is 59.1 Å². The van der Waals surface area contributed by atoms with Crippen LogP contribution in [0.5, 0.6) is 5.75 Å². The Balaban J connectivity index is 1.41. The smallest absolute Gasteiger partial charge is 0.232 e. The van der Waals surface area contributed by atoms with Gasteiger partial charge in [0.1, 0.15) is 5.75 Å². The van der Waals surface area contributed by atoms with Gasteiger partial charge in [-0.15, -0.1) is 0 Å². The lowest BCUT2D eigenvalue weighted by Gasteiger charge is -2.13. The lowest BCUT2D eigenvalue weighted by atomic mass is 10.00. The number of nitrogens with zero attached hydrogens (tertiary/aromatic N) is 1. The van der Waals surface area contributed by atoms with E-state index < -0.39 is 5.41 Å². The van der Waals surface area contributed by atoms with Crippen molar-refractivity contribution in [2.24, 2.45) is 0 Å². The molecule has 0 aliphatic heterocycles. The van der Waals surface area contributed by atoms with Crippen LogP contribution in [0.1, 0.15) is 24.1 Å². The predicted octanol–water partition coefficient (Wildman–Crippen LogP) is 4.39. The first-order valence-electron chi connectivity index (χ1n) is 9.26. The zero-order valence-corrected chi connectivity index (χ0v) is 16.3. The first-order chi connectivity index (χ1) is 13.6. The molecule has 0 saturated heterocycles. The molecule has 1 amide bonds. The monoisotopic (exact) mass is 396 g/mol. The van der Waals surface area contributed by atoms with E-state index in [2.05, 4.69) is 10.5 Å². The fourth-order valence-electron chi connectivity index (χ4n) is 3.36. The standard InChI is InChI=1S/C22H21ClN2O3/c1-27-18-5-3-2-4-15(18)10-13-24-21(26)22(11-12-22)20-14-19(28-25-20)16-6-8-17(23)9-7-16/h2-9,14H,10-13H2,1H3,(H,24,26). The number of amides is 1. The fourth-order valence-corrected chi connectivity index (χ4v) is 3.49. The summed E-state index contributed by atoms with van der Waals surface area (Å²) in [6.45, 7) is 0.544. The second-order valence-corrected chi connectivity index (χ2v) is 7.42. The Morgan fingerprint density at radius 1 is 1.21 bits per heavy atom. The maximum atomic E-state index is 12.8. The van der Waals surface area contributed by atoms with Crippen molar-refractivity contribution in [2.45, 2.75) is 24.7 Å². The van der Waals surface area contributed by atoms with Crippen LogP contribution in [0.3, 0.4) is 0 Å². The van der Waals surface area contributed by atoms with Crippen LogP contribution >= 0.6 is 11.6 Å². The minimum absolute atomic E-state index is 0.00152. The lowest BCUT2D eigenvalue weighted by Crippen LogP contribution is -2.36. The van der Waals surface area contributed by atoms with Gasteiger partial charge in [0.25, 0.3) is 0 Å². The van der Waals surface area contributed by atoms with E-state index in [9.17, 15) is 4.79 Å². The van der Waals surface area contributed by atoms with E-state index in [1.54, 1.807) is 19.2 Å². The van der Waals surface area contributed by atoms with Gasteiger partial charge in [0.2, 0.25) is 5.91 Å². The van der Waals surface area contributed by atoms with E-state index in [1.165, 1.54) is 0 Å². The SMILES string of the molecule is COc1ccccc1CCNC(=O)C1(c2cc(-c3ccc(Cl)cc3)on2)CC1. The Morgan fingerprint density at radius 2 is 1.96 bits per heavy atom. The molecule has 1 heterocycles. The number of ether oxygens (including phenoxy) is 1. The van der Waals surface area contributed by atoms with E-state index in [1.807, 2.05) is 42.5 Å². The number of aromatic nitrogens is 1. The van der Waals surface area contributed by atoms with Crippen molar-refractivity contribution >= 4 is 17.5 Å². The van der Waals surface area contributed by atoms with Gasteiger partial charge in [0.15, 0.2) is 5.76 Å². The van der Waals surface area contributed by atoms with Crippen molar-refractivity contribution in [1.82, 2.24) is 10.5 Å². The van der Waals surface area contributed by atoms with Gasteiger partial charge in [-0.1, -0.05) is 35.0 Å². The number of carbonyl (C=O) groups excluding carboxylic acids is 1. The molecule has 1 saturated carbocycles. The highest BCUT2D eigenvalue weighted by atomic mass is 35.5. The molecule has 1 aliphatic carbocycles. The Kier molecular flexibility index (Phi) is 5.09. The molecule has 0 radical (unpaired) electrons. The van der Waals surface area contributed by atoms with E-state index >= 15 is 0 Å². The summed E-state index contributed by atoms with van der Waals surface area (Å²) in [6, 6.07) is 17.0. The summed E-state index contributed by atoms with van der Waals surface area (Å²) in [7, 11) is 1.65. The Hall–Kier alpha value is -2.79. The molecular formula is C22H21ClN2O3. The van der Waals surface area contributed by atoms with Crippen molar-refractivity contribution in [3.8, 4) is 17.1 Å². The van der Waals surface area contributed by atoms with Gasteiger partial charge in [-0.2, -0.15) is 0 Å². The Labute approximate surface area is 168 Å². The van der Waals surface area contributed by atoms with Crippen molar-refractivity contribution in [3.05, 3.63) is 70.9 Å². The third kappa shape index (κ3) is 3.62. The van der Waals surface area contributed by atoms with Crippen molar-refractivity contribution in [3.63, 3.8) is 0 Å². The highest BCUT2D eigenvalue weighted by Gasteiger charge is 2.53. The minimum atomic E-state index is -0.574.